The monoisotopic (exact) mass is 124 g/mol. The number of aromatic nitrogens is 3. The third kappa shape index (κ3) is 1.64. The summed E-state index contributed by atoms with van der Waals surface area (Å²) in [4.78, 5) is 13.5. The first-order valence-corrected chi connectivity index (χ1v) is 2.63. The maximum Gasteiger partial charge on any atom is 0.198 e. The molecule has 1 rings (SSSR count). The highest BCUT2D eigenvalue weighted by atomic mass is 16.1. The zero-order valence-electron chi connectivity index (χ0n) is 4.79. The van der Waals surface area contributed by atoms with Gasteiger partial charge in [-0.3, -0.25) is 9.89 Å². The molecule has 0 spiro atoms. The van der Waals surface area contributed by atoms with Crippen LogP contribution in [-0.2, 0) is 11.2 Å². The van der Waals surface area contributed by atoms with Gasteiger partial charge in [-0.2, -0.15) is 5.10 Å². The Bertz CT molecular complexity index is 170. The fourth-order valence-electron chi connectivity index (χ4n) is 0.519. The van der Waals surface area contributed by atoms with Gasteiger partial charge in [-0.1, -0.05) is 0 Å². The average molecular weight is 124 g/mol. The molecular weight excluding hydrogens is 118 g/mol. The van der Waals surface area contributed by atoms with Crippen LogP contribution < -0.4 is 0 Å². The summed E-state index contributed by atoms with van der Waals surface area (Å²) < 4.78 is 0. The molecule has 0 saturated heterocycles. The van der Waals surface area contributed by atoms with Gasteiger partial charge in [0.05, 0.1) is 0 Å². The van der Waals surface area contributed by atoms with Crippen LogP contribution in [0.15, 0.2) is 6.33 Å². The Kier molecular flexibility index (Phi) is 1.95. The Balaban J connectivity index is 2.38. The lowest BCUT2D eigenvalue weighted by molar-refractivity contribution is 0.550. The molecular formula is C5H6N3O. The largest absolute Gasteiger partial charge is 0.291 e. The average Bonchev–Trinajstić information content (AvgIpc) is 2.34. The van der Waals surface area contributed by atoms with Gasteiger partial charge in [0.1, 0.15) is 6.33 Å². The van der Waals surface area contributed by atoms with Crippen LogP contribution in [0.2, 0.25) is 0 Å². The Morgan fingerprint density at radius 2 is 2.67 bits per heavy atom. The third-order valence-electron chi connectivity index (χ3n) is 0.916. The van der Waals surface area contributed by atoms with E-state index >= 15 is 0 Å². The van der Waals surface area contributed by atoms with E-state index in [-0.39, 0.29) is 0 Å². The minimum Gasteiger partial charge on any atom is -0.291 e. The van der Waals surface area contributed by atoms with E-state index in [0.717, 1.165) is 0 Å². The standard InChI is InChI=1S/C5H6N3O/c9-3-1-2-5-6-4-7-8-5/h4H,1-2H2,(H,6,7,8). The van der Waals surface area contributed by atoms with Gasteiger partial charge in [0, 0.05) is 12.8 Å². The summed E-state index contributed by atoms with van der Waals surface area (Å²) >= 11 is 0. The number of aromatic amines is 1. The molecule has 1 radical (unpaired) electrons. The van der Waals surface area contributed by atoms with Crippen molar-refractivity contribution >= 4 is 6.29 Å². The summed E-state index contributed by atoms with van der Waals surface area (Å²) in [7, 11) is 0. The lowest BCUT2D eigenvalue weighted by Crippen LogP contribution is -1.87. The molecule has 0 bridgehead atoms. The Hall–Kier alpha value is -1.19. The fraction of sp³-hybridized carbons (Fsp3) is 0.400. The van der Waals surface area contributed by atoms with Crippen molar-refractivity contribution in [3.05, 3.63) is 12.2 Å². The quantitative estimate of drug-likeness (QED) is 0.609. The Labute approximate surface area is 52.3 Å². The first kappa shape index (κ1) is 5.94. The normalized spacial score (nSPS) is 9.33. The van der Waals surface area contributed by atoms with E-state index in [1.165, 1.54) is 6.33 Å². The Morgan fingerprint density at radius 1 is 1.78 bits per heavy atom. The smallest absolute Gasteiger partial charge is 0.198 e. The summed E-state index contributed by atoms with van der Waals surface area (Å²) in [5, 5.41) is 6.29. The minimum absolute atomic E-state index is 0.373. The van der Waals surface area contributed by atoms with E-state index < -0.39 is 0 Å². The number of aryl methyl sites for hydroxylation is 1. The second-order valence-corrected chi connectivity index (χ2v) is 1.56. The van der Waals surface area contributed by atoms with Crippen LogP contribution in [0.1, 0.15) is 12.2 Å². The second kappa shape index (κ2) is 2.96. The molecule has 9 heavy (non-hydrogen) atoms. The number of carbonyl (C=O) groups excluding carboxylic acids is 1. The van der Waals surface area contributed by atoms with Crippen LogP contribution in [0.4, 0.5) is 0 Å². The van der Waals surface area contributed by atoms with E-state index in [2.05, 4.69) is 15.2 Å². The van der Waals surface area contributed by atoms with Gasteiger partial charge >= 0.3 is 0 Å². The van der Waals surface area contributed by atoms with Crippen molar-refractivity contribution in [1.82, 2.24) is 15.2 Å². The zero-order valence-corrected chi connectivity index (χ0v) is 4.79. The van der Waals surface area contributed by atoms with E-state index in [1.54, 1.807) is 6.29 Å². The molecule has 47 valence electrons. The SMILES string of the molecule is O=[C]CCc1nc[nH]n1. The van der Waals surface area contributed by atoms with E-state index in [9.17, 15) is 4.79 Å². The van der Waals surface area contributed by atoms with Gasteiger partial charge < -0.3 is 0 Å². The Morgan fingerprint density at radius 3 is 3.22 bits per heavy atom. The van der Waals surface area contributed by atoms with Crippen LogP contribution in [-0.4, -0.2) is 21.5 Å². The third-order valence-corrected chi connectivity index (χ3v) is 0.916. The summed E-state index contributed by atoms with van der Waals surface area (Å²) in [6, 6.07) is 0. The molecule has 4 heteroatoms. The van der Waals surface area contributed by atoms with Crippen LogP contribution in [0.3, 0.4) is 0 Å². The highest BCUT2D eigenvalue weighted by molar-refractivity contribution is 5.50. The predicted octanol–water partition coefficient (Wildman–Crippen LogP) is -0.153. The highest BCUT2D eigenvalue weighted by Crippen LogP contribution is 1.88. The second-order valence-electron chi connectivity index (χ2n) is 1.56. The minimum atomic E-state index is 0.373. The number of hydrogen-bond donors (Lipinski definition) is 1. The first-order valence-electron chi connectivity index (χ1n) is 2.63. The molecule has 1 aromatic rings. The topological polar surface area (TPSA) is 58.6 Å². The van der Waals surface area contributed by atoms with Crippen molar-refractivity contribution in [2.75, 3.05) is 0 Å². The van der Waals surface area contributed by atoms with Crippen molar-refractivity contribution in [3.8, 4) is 0 Å². The van der Waals surface area contributed by atoms with E-state index in [4.69, 9.17) is 0 Å². The van der Waals surface area contributed by atoms with Gasteiger partial charge in [0.25, 0.3) is 0 Å². The molecule has 0 aliphatic heterocycles. The molecule has 1 aromatic heterocycles. The molecule has 0 aromatic carbocycles. The van der Waals surface area contributed by atoms with Crippen LogP contribution >= 0.6 is 0 Å². The maximum absolute atomic E-state index is 9.71. The van der Waals surface area contributed by atoms with Crippen molar-refractivity contribution < 1.29 is 4.79 Å². The molecule has 0 aliphatic carbocycles. The summed E-state index contributed by atoms with van der Waals surface area (Å²) in [6.45, 7) is 0. The van der Waals surface area contributed by atoms with Crippen molar-refractivity contribution in [3.63, 3.8) is 0 Å². The number of nitrogens with one attached hydrogen (secondary N) is 1. The maximum atomic E-state index is 9.71. The van der Waals surface area contributed by atoms with Gasteiger partial charge in [-0.05, 0) is 0 Å². The van der Waals surface area contributed by atoms with E-state index in [0.29, 0.717) is 18.7 Å². The molecule has 0 atom stereocenters. The number of H-pyrrole nitrogens is 1. The van der Waals surface area contributed by atoms with Gasteiger partial charge in [-0.15, -0.1) is 0 Å². The summed E-state index contributed by atoms with van der Waals surface area (Å²) in [5.41, 5.74) is 0. The van der Waals surface area contributed by atoms with Crippen LogP contribution in [0.5, 0.6) is 0 Å². The number of rotatable bonds is 3. The first-order chi connectivity index (χ1) is 4.43. The zero-order chi connectivity index (χ0) is 6.53. The van der Waals surface area contributed by atoms with Gasteiger partial charge in [0.2, 0.25) is 0 Å². The molecule has 0 amide bonds. The van der Waals surface area contributed by atoms with Gasteiger partial charge in [-0.25, -0.2) is 4.98 Å². The molecule has 1 N–H and O–H groups in total. The lowest BCUT2D eigenvalue weighted by Gasteiger charge is -1.81. The lowest BCUT2D eigenvalue weighted by atomic mass is 10.3. The van der Waals surface area contributed by atoms with Crippen LogP contribution in [0, 0.1) is 0 Å². The van der Waals surface area contributed by atoms with Crippen LogP contribution in [0.25, 0.3) is 0 Å². The predicted molar refractivity (Wildman–Crippen MR) is 30.4 cm³/mol. The summed E-state index contributed by atoms with van der Waals surface area (Å²) in [6.07, 6.45) is 4.20. The van der Waals surface area contributed by atoms with E-state index in [1.807, 2.05) is 0 Å². The number of hydrogen-bond acceptors (Lipinski definition) is 3. The van der Waals surface area contributed by atoms with Crippen molar-refractivity contribution in [2.45, 2.75) is 12.8 Å². The van der Waals surface area contributed by atoms with Gasteiger partial charge in [0.15, 0.2) is 12.1 Å². The molecule has 1 heterocycles. The molecule has 0 saturated carbocycles. The van der Waals surface area contributed by atoms with Crippen molar-refractivity contribution in [2.24, 2.45) is 0 Å². The van der Waals surface area contributed by atoms with Crippen molar-refractivity contribution in [1.29, 1.82) is 0 Å². The number of nitrogens with zero attached hydrogens (tertiary/aromatic N) is 2. The highest BCUT2D eigenvalue weighted by Gasteiger charge is 1.93. The molecule has 0 fully saturated rings. The molecule has 0 unspecified atom stereocenters. The molecule has 4 nitrogen and oxygen atoms in total. The molecule has 0 aliphatic rings. The fourth-order valence-corrected chi connectivity index (χ4v) is 0.519. The summed E-state index contributed by atoms with van der Waals surface area (Å²) in [5.74, 6) is 0.665.